The highest BCUT2D eigenvalue weighted by Gasteiger charge is 2.22. The van der Waals surface area contributed by atoms with Crippen LogP contribution in [-0.4, -0.2) is 22.7 Å². The fraction of sp³-hybridized carbons (Fsp3) is 0.0741. The van der Waals surface area contributed by atoms with Crippen molar-refractivity contribution in [3.63, 3.8) is 0 Å². The first-order chi connectivity index (χ1) is 18.4. The first-order valence-corrected chi connectivity index (χ1v) is 15.2. The molecule has 0 radical (unpaired) electrons. The Balaban J connectivity index is 1.51. The SMILES string of the molecule is Cc1ccc(NS(=O)(=O)c2cc(C(=O)Nc3ccc(S(=O)(=O)Nc4ccccc4Cl)cc3)ccc2Cl)c(C)c1. The highest BCUT2D eigenvalue weighted by Crippen LogP contribution is 2.28. The standard InChI is InChI=1S/C27H23Cl2N3O5S2/c1-17-7-14-24(18(2)15-17)31-39(36,37)26-16-19(8-13-23(26)29)27(33)30-20-9-11-21(12-10-20)38(34,35)32-25-6-4-3-5-22(25)28/h3-16,31-32H,1-2H3,(H,30,33). The number of hydrogen-bond donors (Lipinski definition) is 3. The van der Waals surface area contributed by atoms with Crippen molar-refractivity contribution in [3.05, 3.63) is 112 Å². The lowest BCUT2D eigenvalue weighted by atomic mass is 10.1. The second-order valence-electron chi connectivity index (χ2n) is 8.63. The molecule has 1 amide bonds. The van der Waals surface area contributed by atoms with Crippen LogP contribution in [0.2, 0.25) is 10.0 Å². The summed E-state index contributed by atoms with van der Waals surface area (Å²) in [4.78, 5) is 12.6. The minimum atomic E-state index is -4.10. The van der Waals surface area contributed by atoms with E-state index in [1.54, 1.807) is 37.3 Å². The molecule has 39 heavy (non-hydrogen) atoms. The van der Waals surface area contributed by atoms with Crippen molar-refractivity contribution in [2.24, 2.45) is 0 Å². The van der Waals surface area contributed by atoms with Crippen LogP contribution in [0.1, 0.15) is 21.5 Å². The molecule has 0 aliphatic rings. The number of benzene rings is 4. The number of aryl methyl sites for hydroxylation is 2. The molecule has 0 aromatic heterocycles. The minimum absolute atomic E-state index is 0.0393. The van der Waals surface area contributed by atoms with Gasteiger partial charge in [0, 0.05) is 11.3 Å². The van der Waals surface area contributed by atoms with Gasteiger partial charge >= 0.3 is 0 Å². The van der Waals surface area contributed by atoms with E-state index < -0.39 is 26.0 Å². The number of anilines is 3. The summed E-state index contributed by atoms with van der Waals surface area (Å²) in [6.07, 6.45) is 0. The van der Waals surface area contributed by atoms with Gasteiger partial charge in [-0.2, -0.15) is 0 Å². The lowest BCUT2D eigenvalue weighted by Crippen LogP contribution is -2.17. The molecule has 0 aliphatic heterocycles. The number of rotatable bonds is 8. The zero-order valence-corrected chi connectivity index (χ0v) is 23.8. The molecule has 8 nitrogen and oxygen atoms in total. The average molecular weight is 605 g/mol. The summed E-state index contributed by atoms with van der Waals surface area (Å²) in [6, 6.07) is 21.0. The van der Waals surface area contributed by atoms with Crippen LogP contribution in [-0.2, 0) is 20.0 Å². The molecule has 0 bridgehead atoms. The van der Waals surface area contributed by atoms with Crippen LogP contribution in [0, 0.1) is 13.8 Å². The molecule has 0 saturated heterocycles. The number of hydrogen-bond acceptors (Lipinski definition) is 5. The van der Waals surface area contributed by atoms with Gasteiger partial charge in [0.25, 0.3) is 26.0 Å². The van der Waals surface area contributed by atoms with E-state index >= 15 is 0 Å². The Hall–Kier alpha value is -3.57. The van der Waals surface area contributed by atoms with Crippen LogP contribution in [0.4, 0.5) is 17.1 Å². The number of nitrogens with one attached hydrogen (secondary N) is 3. The van der Waals surface area contributed by atoms with Crippen LogP contribution in [0.25, 0.3) is 0 Å². The molecule has 202 valence electrons. The monoisotopic (exact) mass is 603 g/mol. The van der Waals surface area contributed by atoms with Gasteiger partial charge < -0.3 is 5.32 Å². The van der Waals surface area contributed by atoms with Gasteiger partial charge in [-0.3, -0.25) is 14.2 Å². The predicted molar refractivity (Wildman–Crippen MR) is 155 cm³/mol. The van der Waals surface area contributed by atoms with Gasteiger partial charge in [-0.1, -0.05) is 53.0 Å². The van der Waals surface area contributed by atoms with Gasteiger partial charge in [-0.05, 0) is 80.1 Å². The van der Waals surface area contributed by atoms with Crippen molar-refractivity contribution in [2.75, 3.05) is 14.8 Å². The van der Waals surface area contributed by atoms with Crippen LogP contribution < -0.4 is 14.8 Å². The Labute approximate surface area is 237 Å². The molecule has 4 rings (SSSR count). The number of carbonyl (C=O) groups excluding carboxylic acids is 1. The Morgan fingerprint density at radius 1 is 0.692 bits per heavy atom. The lowest BCUT2D eigenvalue weighted by molar-refractivity contribution is 0.102. The molecular weight excluding hydrogens is 581 g/mol. The van der Waals surface area contributed by atoms with Crippen LogP contribution >= 0.6 is 23.2 Å². The van der Waals surface area contributed by atoms with Crippen LogP contribution in [0.5, 0.6) is 0 Å². The number of sulfonamides is 2. The summed E-state index contributed by atoms with van der Waals surface area (Å²) in [5, 5.41) is 2.82. The van der Waals surface area contributed by atoms with E-state index in [1.807, 2.05) is 13.0 Å². The smallest absolute Gasteiger partial charge is 0.263 e. The second kappa shape index (κ2) is 11.3. The molecule has 4 aromatic carbocycles. The third-order valence-corrected chi connectivity index (χ3v) is 9.21. The maximum atomic E-state index is 13.1. The van der Waals surface area contributed by atoms with Gasteiger partial charge in [-0.15, -0.1) is 0 Å². The average Bonchev–Trinajstić information content (AvgIpc) is 2.87. The Bertz CT molecular complexity index is 1780. The number of halogens is 2. The van der Waals surface area contributed by atoms with Crippen LogP contribution in [0.15, 0.2) is 94.7 Å². The zero-order chi connectivity index (χ0) is 28.4. The first-order valence-electron chi connectivity index (χ1n) is 11.4. The quantitative estimate of drug-likeness (QED) is 0.213. The van der Waals surface area contributed by atoms with E-state index in [0.29, 0.717) is 11.4 Å². The van der Waals surface area contributed by atoms with E-state index in [2.05, 4.69) is 14.8 Å². The third-order valence-electron chi connectivity index (χ3n) is 5.65. The molecule has 0 saturated carbocycles. The number of para-hydroxylation sites is 1. The first kappa shape index (κ1) is 28.4. The topological polar surface area (TPSA) is 121 Å². The molecule has 0 fully saturated rings. The maximum absolute atomic E-state index is 13.1. The summed E-state index contributed by atoms with van der Waals surface area (Å²) >= 11 is 12.2. The molecule has 3 N–H and O–H groups in total. The summed E-state index contributed by atoms with van der Waals surface area (Å²) in [5.41, 5.74) is 2.68. The maximum Gasteiger partial charge on any atom is 0.263 e. The summed E-state index contributed by atoms with van der Waals surface area (Å²) in [5.74, 6) is -0.612. The van der Waals surface area contributed by atoms with Gasteiger partial charge in [0.2, 0.25) is 0 Å². The van der Waals surface area contributed by atoms with Crippen molar-refractivity contribution >= 4 is 66.2 Å². The van der Waals surface area contributed by atoms with E-state index in [0.717, 1.165) is 11.1 Å². The number of carbonyl (C=O) groups is 1. The molecular formula is C27H23Cl2N3O5S2. The van der Waals surface area contributed by atoms with Crippen molar-refractivity contribution in [3.8, 4) is 0 Å². The van der Waals surface area contributed by atoms with Gasteiger partial charge in [-0.25, -0.2) is 16.8 Å². The molecule has 12 heteroatoms. The highest BCUT2D eigenvalue weighted by atomic mass is 35.5. The normalized spacial score (nSPS) is 11.6. The minimum Gasteiger partial charge on any atom is -0.322 e. The summed E-state index contributed by atoms with van der Waals surface area (Å²) in [7, 11) is -8.03. The Morgan fingerprint density at radius 2 is 1.36 bits per heavy atom. The Kier molecular flexibility index (Phi) is 8.22. The lowest BCUT2D eigenvalue weighted by Gasteiger charge is -2.13. The van der Waals surface area contributed by atoms with Gasteiger partial charge in [0.15, 0.2) is 0 Å². The van der Waals surface area contributed by atoms with E-state index in [-0.39, 0.29) is 31.1 Å². The van der Waals surface area contributed by atoms with Gasteiger partial charge in [0.1, 0.15) is 4.90 Å². The van der Waals surface area contributed by atoms with E-state index in [9.17, 15) is 21.6 Å². The van der Waals surface area contributed by atoms with Crippen LogP contribution in [0.3, 0.4) is 0 Å². The summed E-state index contributed by atoms with van der Waals surface area (Å²) in [6.45, 7) is 3.67. The fourth-order valence-electron chi connectivity index (χ4n) is 3.65. The molecule has 0 spiro atoms. The van der Waals surface area contributed by atoms with Crippen molar-refractivity contribution in [2.45, 2.75) is 23.6 Å². The predicted octanol–water partition coefficient (Wildman–Crippen LogP) is 6.46. The zero-order valence-electron chi connectivity index (χ0n) is 20.7. The highest BCUT2D eigenvalue weighted by molar-refractivity contribution is 7.93. The van der Waals surface area contributed by atoms with E-state index in [1.165, 1.54) is 48.5 Å². The Morgan fingerprint density at radius 3 is 2.03 bits per heavy atom. The third kappa shape index (κ3) is 6.72. The molecule has 0 unspecified atom stereocenters. The van der Waals surface area contributed by atoms with Crippen molar-refractivity contribution in [1.82, 2.24) is 0 Å². The molecule has 0 aliphatic carbocycles. The van der Waals surface area contributed by atoms with Crippen molar-refractivity contribution in [1.29, 1.82) is 0 Å². The van der Waals surface area contributed by atoms with Gasteiger partial charge in [0.05, 0.1) is 26.3 Å². The van der Waals surface area contributed by atoms with E-state index in [4.69, 9.17) is 23.2 Å². The largest absolute Gasteiger partial charge is 0.322 e. The molecule has 0 heterocycles. The molecule has 4 aromatic rings. The fourth-order valence-corrected chi connectivity index (χ4v) is 6.62. The second-order valence-corrected chi connectivity index (χ2v) is 12.8. The molecule has 0 atom stereocenters. The summed E-state index contributed by atoms with van der Waals surface area (Å²) < 4.78 is 56.5. The van der Waals surface area contributed by atoms with Crippen molar-refractivity contribution < 1.29 is 21.6 Å². The number of amides is 1.